The first-order valence-corrected chi connectivity index (χ1v) is 12.8. The summed E-state index contributed by atoms with van der Waals surface area (Å²) in [5.74, 6) is -0.946. The number of para-hydroxylation sites is 1. The number of nitrogens with zero attached hydrogens (tertiary/aromatic N) is 2. The zero-order valence-corrected chi connectivity index (χ0v) is 21.7. The number of methoxy groups -OCH3 is 1. The number of fused-ring (bicyclic) bond motifs is 1. The maximum absolute atomic E-state index is 13.2. The van der Waals surface area contributed by atoms with Crippen LogP contribution in [-0.2, 0) is 10.1 Å². The van der Waals surface area contributed by atoms with Crippen LogP contribution in [0.4, 0.5) is 17.1 Å². The molecule has 0 fully saturated rings. The van der Waals surface area contributed by atoms with E-state index < -0.39 is 26.7 Å². The number of benzene rings is 4. The summed E-state index contributed by atoms with van der Waals surface area (Å²) in [6.07, 6.45) is 0. The van der Waals surface area contributed by atoms with Crippen LogP contribution >= 0.6 is 23.2 Å². The van der Waals surface area contributed by atoms with Crippen molar-refractivity contribution in [3.05, 3.63) is 81.8 Å². The van der Waals surface area contributed by atoms with Gasteiger partial charge >= 0.3 is 0 Å². The smallest absolute Gasteiger partial charge is 0.298 e. The molecule has 0 aliphatic carbocycles. The third kappa shape index (κ3) is 5.23. The lowest BCUT2D eigenvalue weighted by atomic mass is 10.0. The highest BCUT2D eigenvalue weighted by Gasteiger charge is 2.23. The van der Waals surface area contributed by atoms with Gasteiger partial charge in [-0.3, -0.25) is 9.35 Å². The fourth-order valence-corrected chi connectivity index (χ4v) is 5.17. The Morgan fingerprint density at radius 2 is 1.68 bits per heavy atom. The summed E-state index contributed by atoms with van der Waals surface area (Å²) in [5.41, 5.74) is 0.195. The van der Waals surface area contributed by atoms with Crippen molar-refractivity contribution in [2.75, 3.05) is 12.4 Å². The Hall–Kier alpha value is -3.70. The number of carbonyl (C=O) groups is 1. The van der Waals surface area contributed by atoms with Gasteiger partial charge in [-0.2, -0.15) is 8.42 Å². The zero-order valence-electron chi connectivity index (χ0n) is 19.4. The van der Waals surface area contributed by atoms with Gasteiger partial charge in [0.1, 0.15) is 16.3 Å². The lowest BCUT2D eigenvalue weighted by Gasteiger charge is -2.14. The van der Waals surface area contributed by atoms with E-state index in [2.05, 4.69) is 15.5 Å². The molecular formula is C25H19Cl2N3O6S. The second-order valence-electron chi connectivity index (χ2n) is 7.83. The summed E-state index contributed by atoms with van der Waals surface area (Å²) < 4.78 is 38.9. The molecule has 0 radical (unpaired) electrons. The van der Waals surface area contributed by atoms with Gasteiger partial charge < -0.3 is 15.2 Å². The van der Waals surface area contributed by atoms with Crippen molar-refractivity contribution in [3.63, 3.8) is 0 Å². The standard InChI is InChI=1S/C25H19Cl2N3O6S/c1-13-10-11-18(27)24(37(33,34)35)20(13)29-30-21-15-7-4-3-6-14(15)12-16(22(21)31)25(32)28-19-9-5-8-17(26)23(19)36-2/h3-12,31H,1-2H3,(H,28,32)(H,33,34,35). The third-order valence-corrected chi connectivity index (χ3v) is 7.11. The Kier molecular flexibility index (Phi) is 7.37. The summed E-state index contributed by atoms with van der Waals surface area (Å²) in [5, 5.41) is 22.9. The summed E-state index contributed by atoms with van der Waals surface area (Å²) >= 11 is 12.1. The number of halogens is 2. The van der Waals surface area contributed by atoms with Crippen molar-refractivity contribution in [2.45, 2.75) is 11.8 Å². The Labute approximate surface area is 222 Å². The van der Waals surface area contributed by atoms with Crippen LogP contribution in [0.3, 0.4) is 0 Å². The van der Waals surface area contributed by atoms with Gasteiger partial charge in [0.2, 0.25) is 0 Å². The Morgan fingerprint density at radius 1 is 0.973 bits per heavy atom. The molecule has 4 aromatic carbocycles. The van der Waals surface area contributed by atoms with E-state index in [9.17, 15) is 22.9 Å². The number of ether oxygens (including phenoxy) is 1. The van der Waals surface area contributed by atoms with Gasteiger partial charge in [0.05, 0.1) is 28.4 Å². The molecule has 0 bridgehead atoms. The van der Waals surface area contributed by atoms with Gasteiger partial charge in [-0.1, -0.05) is 59.6 Å². The van der Waals surface area contributed by atoms with Crippen LogP contribution in [-0.4, -0.2) is 31.1 Å². The fraction of sp³-hybridized carbons (Fsp3) is 0.0800. The van der Waals surface area contributed by atoms with Crippen LogP contribution in [0.5, 0.6) is 11.5 Å². The number of nitrogens with one attached hydrogen (secondary N) is 1. The lowest BCUT2D eigenvalue weighted by molar-refractivity contribution is 0.102. The van der Waals surface area contributed by atoms with E-state index in [4.69, 9.17) is 27.9 Å². The normalized spacial score (nSPS) is 11.7. The number of phenols is 1. The van der Waals surface area contributed by atoms with E-state index >= 15 is 0 Å². The first kappa shape index (κ1) is 26.4. The largest absolute Gasteiger partial charge is 0.505 e. The number of azo groups is 1. The molecule has 0 atom stereocenters. The molecule has 3 N–H and O–H groups in total. The van der Waals surface area contributed by atoms with Crippen molar-refractivity contribution < 1.29 is 27.6 Å². The molecule has 37 heavy (non-hydrogen) atoms. The Bertz CT molecular complexity index is 1690. The fourth-order valence-electron chi connectivity index (χ4n) is 3.71. The summed E-state index contributed by atoms with van der Waals surface area (Å²) in [6, 6.07) is 15.9. The monoisotopic (exact) mass is 559 g/mol. The van der Waals surface area contributed by atoms with E-state index in [0.29, 0.717) is 16.3 Å². The molecule has 0 unspecified atom stereocenters. The number of amides is 1. The minimum Gasteiger partial charge on any atom is -0.505 e. The van der Waals surface area contributed by atoms with Gasteiger partial charge in [-0.05, 0) is 42.1 Å². The summed E-state index contributed by atoms with van der Waals surface area (Å²) in [4.78, 5) is 12.6. The number of anilines is 1. The highest BCUT2D eigenvalue weighted by molar-refractivity contribution is 7.86. The van der Waals surface area contributed by atoms with E-state index in [1.807, 2.05) is 0 Å². The van der Waals surface area contributed by atoms with Crippen LogP contribution in [0, 0.1) is 6.92 Å². The van der Waals surface area contributed by atoms with Crippen LogP contribution < -0.4 is 10.1 Å². The van der Waals surface area contributed by atoms with Gasteiger partial charge in [-0.25, -0.2) is 0 Å². The van der Waals surface area contributed by atoms with E-state index in [0.717, 1.165) is 0 Å². The highest BCUT2D eigenvalue weighted by atomic mass is 35.5. The number of aryl methyl sites for hydroxylation is 1. The second kappa shape index (κ2) is 10.3. The van der Waals surface area contributed by atoms with Crippen molar-refractivity contribution in [1.29, 1.82) is 0 Å². The van der Waals surface area contributed by atoms with Gasteiger partial charge in [0.15, 0.2) is 11.5 Å². The maximum atomic E-state index is 13.2. The molecule has 0 aliphatic heterocycles. The molecule has 4 aromatic rings. The Morgan fingerprint density at radius 3 is 2.38 bits per heavy atom. The average molecular weight is 560 g/mol. The molecule has 0 aliphatic rings. The molecule has 12 heteroatoms. The number of phenolic OH excluding ortho intramolecular Hbond substituents is 1. The van der Waals surface area contributed by atoms with Crippen molar-refractivity contribution in [2.24, 2.45) is 10.2 Å². The molecule has 0 saturated heterocycles. The first-order valence-electron chi connectivity index (χ1n) is 10.6. The minimum absolute atomic E-state index is 0.0954. The first-order chi connectivity index (χ1) is 17.5. The highest BCUT2D eigenvalue weighted by Crippen LogP contribution is 2.42. The number of carbonyl (C=O) groups excluding carboxylic acids is 1. The summed E-state index contributed by atoms with van der Waals surface area (Å²) in [6.45, 7) is 1.56. The molecule has 0 aromatic heterocycles. The molecule has 4 rings (SSSR count). The van der Waals surface area contributed by atoms with Crippen molar-refractivity contribution >= 4 is 67.1 Å². The van der Waals surface area contributed by atoms with E-state index in [1.165, 1.54) is 25.3 Å². The van der Waals surface area contributed by atoms with Gasteiger partial charge in [-0.15, -0.1) is 10.2 Å². The maximum Gasteiger partial charge on any atom is 0.298 e. The molecule has 0 heterocycles. The van der Waals surface area contributed by atoms with E-state index in [1.54, 1.807) is 49.4 Å². The second-order valence-corrected chi connectivity index (χ2v) is 10.0. The SMILES string of the molecule is COc1c(Cl)cccc1NC(=O)c1cc2ccccc2c(N=Nc2c(C)ccc(Cl)c2S(=O)(=O)O)c1O. The van der Waals surface area contributed by atoms with Gasteiger partial charge in [0.25, 0.3) is 16.0 Å². The van der Waals surface area contributed by atoms with E-state index in [-0.39, 0.29) is 38.4 Å². The van der Waals surface area contributed by atoms with Gasteiger partial charge in [0, 0.05) is 5.39 Å². The number of rotatable bonds is 6. The third-order valence-electron chi connectivity index (χ3n) is 5.45. The Balaban J connectivity index is 1.87. The predicted molar refractivity (Wildman–Crippen MR) is 142 cm³/mol. The van der Waals surface area contributed by atoms with Crippen molar-refractivity contribution in [1.82, 2.24) is 0 Å². The quantitative estimate of drug-likeness (QED) is 0.170. The molecule has 0 saturated carbocycles. The summed E-state index contributed by atoms with van der Waals surface area (Å²) in [7, 11) is -3.34. The van der Waals surface area contributed by atoms with Crippen molar-refractivity contribution in [3.8, 4) is 11.5 Å². The molecular weight excluding hydrogens is 541 g/mol. The number of hydrogen-bond acceptors (Lipinski definition) is 7. The minimum atomic E-state index is -4.74. The van der Waals surface area contributed by atoms with Crippen LogP contribution in [0.2, 0.25) is 10.0 Å². The van der Waals surface area contributed by atoms with Crippen LogP contribution in [0.15, 0.2) is 75.8 Å². The lowest BCUT2D eigenvalue weighted by Crippen LogP contribution is -2.13. The zero-order chi connectivity index (χ0) is 26.9. The molecule has 0 spiro atoms. The molecule has 1 amide bonds. The molecule has 9 nitrogen and oxygen atoms in total. The molecule has 190 valence electrons. The average Bonchev–Trinajstić information content (AvgIpc) is 2.84. The topological polar surface area (TPSA) is 138 Å². The van der Waals surface area contributed by atoms with Crippen LogP contribution in [0.1, 0.15) is 15.9 Å². The number of hydrogen-bond donors (Lipinski definition) is 3. The number of aromatic hydroxyl groups is 1. The predicted octanol–water partition coefficient (Wildman–Crippen LogP) is 7.08. The van der Waals surface area contributed by atoms with Crippen LogP contribution in [0.25, 0.3) is 10.8 Å².